The fourth-order valence-corrected chi connectivity index (χ4v) is 3.40. The molecule has 0 aliphatic rings. The number of fused-ring (bicyclic) bond motifs is 1. The Labute approximate surface area is 131 Å². The Morgan fingerprint density at radius 3 is 2.36 bits per heavy atom. The van der Waals surface area contributed by atoms with Crippen LogP contribution in [0.1, 0.15) is 0 Å². The molecule has 0 saturated heterocycles. The normalized spacial score (nSPS) is 10.9. The molecule has 0 atom stereocenters. The molecule has 3 heterocycles. The van der Waals surface area contributed by atoms with Crippen LogP contribution in [0.25, 0.3) is 31.9 Å². The molecule has 3 aromatic heterocycles. The smallest absolute Gasteiger partial charge is 0.154 e. The summed E-state index contributed by atoms with van der Waals surface area (Å²) in [5.41, 5.74) is 7.74. The lowest BCUT2D eigenvalue weighted by Gasteiger charge is -2.04. The van der Waals surface area contributed by atoms with Crippen molar-refractivity contribution in [1.29, 1.82) is 0 Å². The van der Waals surface area contributed by atoms with Crippen LogP contribution in [0.2, 0.25) is 0 Å². The molecule has 0 amide bonds. The van der Waals surface area contributed by atoms with E-state index in [1.807, 2.05) is 42.5 Å². The minimum atomic E-state index is 0.459. The summed E-state index contributed by atoms with van der Waals surface area (Å²) in [7, 11) is 0. The van der Waals surface area contributed by atoms with Crippen LogP contribution >= 0.6 is 11.3 Å². The summed E-state index contributed by atoms with van der Waals surface area (Å²) in [4.78, 5) is 6.56. The van der Waals surface area contributed by atoms with Gasteiger partial charge in [0.05, 0.1) is 15.4 Å². The standard InChI is InChI=1S/C17H12N4S/c18-17-12-6-2-1-5-11(12)16(20-21-17)15-9-8-14(22-15)13-7-3-4-10-19-13/h1-10H,(H2,18,21). The summed E-state index contributed by atoms with van der Waals surface area (Å²) >= 11 is 1.65. The molecule has 22 heavy (non-hydrogen) atoms. The zero-order valence-corrected chi connectivity index (χ0v) is 12.4. The quantitative estimate of drug-likeness (QED) is 0.608. The SMILES string of the molecule is Nc1nnc(-c2ccc(-c3ccccn3)s2)c2ccccc12. The molecule has 2 N–H and O–H groups in total. The van der Waals surface area contributed by atoms with E-state index in [4.69, 9.17) is 5.73 Å². The molecular formula is C17H12N4S. The van der Waals surface area contributed by atoms with E-state index in [1.54, 1.807) is 17.5 Å². The second kappa shape index (κ2) is 5.20. The molecular weight excluding hydrogens is 292 g/mol. The molecule has 4 nitrogen and oxygen atoms in total. The predicted octanol–water partition coefficient (Wildman–Crippen LogP) is 4.00. The molecule has 106 valence electrons. The molecule has 0 aliphatic carbocycles. The molecule has 0 unspecified atom stereocenters. The van der Waals surface area contributed by atoms with Crippen LogP contribution in [0.15, 0.2) is 60.8 Å². The van der Waals surface area contributed by atoms with Crippen molar-refractivity contribution in [2.75, 3.05) is 5.73 Å². The number of thiophene rings is 1. The van der Waals surface area contributed by atoms with E-state index in [2.05, 4.69) is 27.3 Å². The first kappa shape index (κ1) is 12.9. The van der Waals surface area contributed by atoms with Crippen molar-refractivity contribution in [3.05, 3.63) is 60.8 Å². The van der Waals surface area contributed by atoms with E-state index >= 15 is 0 Å². The van der Waals surface area contributed by atoms with Gasteiger partial charge in [-0.05, 0) is 24.3 Å². The van der Waals surface area contributed by atoms with Crippen LogP contribution in [0.3, 0.4) is 0 Å². The van der Waals surface area contributed by atoms with E-state index in [0.717, 1.165) is 31.9 Å². The van der Waals surface area contributed by atoms with Gasteiger partial charge in [-0.15, -0.1) is 21.5 Å². The molecule has 0 aliphatic heterocycles. The highest BCUT2D eigenvalue weighted by Crippen LogP contribution is 2.36. The number of nitrogen functional groups attached to an aromatic ring is 1. The van der Waals surface area contributed by atoms with Crippen LogP contribution in [-0.2, 0) is 0 Å². The van der Waals surface area contributed by atoms with Crippen LogP contribution < -0.4 is 5.73 Å². The average Bonchev–Trinajstić information content (AvgIpc) is 3.06. The molecule has 0 radical (unpaired) electrons. The minimum absolute atomic E-state index is 0.459. The Bertz CT molecular complexity index is 947. The van der Waals surface area contributed by atoms with E-state index in [-0.39, 0.29) is 0 Å². The lowest BCUT2D eigenvalue weighted by Crippen LogP contribution is -1.96. The van der Waals surface area contributed by atoms with E-state index in [0.29, 0.717) is 5.82 Å². The third-order valence-corrected chi connectivity index (χ3v) is 4.59. The van der Waals surface area contributed by atoms with Gasteiger partial charge in [-0.1, -0.05) is 30.3 Å². The zero-order valence-electron chi connectivity index (χ0n) is 11.6. The fraction of sp³-hybridized carbons (Fsp3) is 0. The van der Waals surface area contributed by atoms with E-state index in [9.17, 15) is 0 Å². The van der Waals surface area contributed by atoms with Gasteiger partial charge in [-0.25, -0.2) is 0 Å². The second-order valence-electron chi connectivity index (χ2n) is 4.86. The third kappa shape index (κ3) is 2.12. The number of aromatic nitrogens is 3. The highest BCUT2D eigenvalue weighted by molar-refractivity contribution is 7.18. The number of nitrogens with two attached hydrogens (primary N) is 1. The van der Waals surface area contributed by atoms with Crippen molar-refractivity contribution in [2.45, 2.75) is 0 Å². The summed E-state index contributed by atoms with van der Waals surface area (Å²) in [6, 6.07) is 18.0. The van der Waals surface area contributed by atoms with Crippen LogP contribution in [-0.4, -0.2) is 15.2 Å². The van der Waals surface area contributed by atoms with Gasteiger partial charge >= 0.3 is 0 Å². The number of hydrogen-bond donors (Lipinski definition) is 1. The molecule has 4 rings (SSSR count). The summed E-state index contributed by atoms with van der Waals surface area (Å²) in [6.45, 7) is 0. The largest absolute Gasteiger partial charge is 0.382 e. The van der Waals surface area contributed by atoms with Gasteiger partial charge in [-0.3, -0.25) is 4.98 Å². The summed E-state index contributed by atoms with van der Waals surface area (Å²) in [5, 5.41) is 10.3. The number of hydrogen-bond acceptors (Lipinski definition) is 5. The Hall–Kier alpha value is -2.79. The van der Waals surface area contributed by atoms with Crippen LogP contribution in [0.5, 0.6) is 0 Å². The highest BCUT2D eigenvalue weighted by atomic mass is 32.1. The monoisotopic (exact) mass is 304 g/mol. The maximum absolute atomic E-state index is 5.92. The van der Waals surface area contributed by atoms with Crippen LogP contribution in [0.4, 0.5) is 5.82 Å². The van der Waals surface area contributed by atoms with Gasteiger partial charge in [0.1, 0.15) is 5.69 Å². The number of benzene rings is 1. The highest BCUT2D eigenvalue weighted by Gasteiger charge is 2.12. The van der Waals surface area contributed by atoms with Crippen molar-refractivity contribution in [2.24, 2.45) is 0 Å². The molecule has 0 fully saturated rings. The average molecular weight is 304 g/mol. The number of rotatable bonds is 2. The lowest BCUT2D eigenvalue weighted by atomic mass is 10.1. The topological polar surface area (TPSA) is 64.7 Å². The van der Waals surface area contributed by atoms with Gasteiger partial charge in [0.2, 0.25) is 0 Å². The minimum Gasteiger partial charge on any atom is -0.382 e. The van der Waals surface area contributed by atoms with Gasteiger partial charge in [-0.2, -0.15) is 0 Å². The number of nitrogens with zero attached hydrogens (tertiary/aromatic N) is 3. The fourth-order valence-electron chi connectivity index (χ4n) is 2.42. The van der Waals surface area contributed by atoms with Crippen molar-refractivity contribution < 1.29 is 0 Å². The van der Waals surface area contributed by atoms with Gasteiger partial charge in [0.25, 0.3) is 0 Å². The Morgan fingerprint density at radius 2 is 1.55 bits per heavy atom. The first-order chi connectivity index (χ1) is 10.8. The van der Waals surface area contributed by atoms with Gasteiger partial charge < -0.3 is 5.73 Å². The third-order valence-electron chi connectivity index (χ3n) is 3.47. The molecule has 0 bridgehead atoms. The maximum Gasteiger partial charge on any atom is 0.154 e. The first-order valence-corrected chi connectivity index (χ1v) is 7.67. The van der Waals surface area contributed by atoms with Crippen molar-refractivity contribution in [1.82, 2.24) is 15.2 Å². The van der Waals surface area contributed by atoms with Crippen molar-refractivity contribution >= 4 is 27.9 Å². The van der Waals surface area contributed by atoms with E-state index in [1.165, 1.54) is 0 Å². The van der Waals surface area contributed by atoms with Gasteiger partial charge in [0, 0.05) is 17.0 Å². The number of anilines is 1. The Morgan fingerprint density at radius 1 is 0.773 bits per heavy atom. The maximum atomic E-state index is 5.92. The molecule has 0 spiro atoms. The number of pyridine rings is 1. The Balaban J connectivity index is 1.87. The van der Waals surface area contributed by atoms with Crippen LogP contribution in [0, 0.1) is 0 Å². The lowest BCUT2D eigenvalue weighted by molar-refractivity contribution is 1.07. The van der Waals surface area contributed by atoms with Crippen molar-refractivity contribution in [3.8, 4) is 21.1 Å². The summed E-state index contributed by atoms with van der Waals surface area (Å²) < 4.78 is 0. The molecule has 4 aromatic rings. The van der Waals surface area contributed by atoms with Crippen molar-refractivity contribution in [3.63, 3.8) is 0 Å². The first-order valence-electron chi connectivity index (χ1n) is 6.85. The summed E-state index contributed by atoms with van der Waals surface area (Å²) in [6.07, 6.45) is 1.80. The zero-order chi connectivity index (χ0) is 14.9. The second-order valence-corrected chi connectivity index (χ2v) is 5.94. The molecule has 1 aromatic carbocycles. The summed E-state index contributed by atoms with van der Waals surface area (Å²) in [5.74, 6) is 0.459. The van der Waals surface area contributed by atoms with Gasteiger partial charge in [0.15, 0.2) is 5.82 Å². The predicted molar refractivity (Wildman–Crippen MR) is 90.5 cm³/mol. The molecule has 0 saturated carbocycles. The Kier molecular flexibility index (Phi) is 3.05. The van der Waals surface area contributed by atoms with E-state index < -0.39 is 0 Å². The molecule has 5 heteroatoms.